The average molecular weight is 387 g/mol. The van der Waals surface area contributed by atoms with Gasteiger partial charge in [-0.15, -0.1) is 11.3 Å². The number of aromatic nitrogens is 3. The quantitative estimate of drug-likeness (QED) is 0.670. The van der Waals surface area contributed by atoms with Gasteiger partial charge in [0.25, 0.3) is 5.56 Å². The van der Waals surface area contributed by atoms with Crippen LogP contribution >= 0.6 is 11.3 Å². The molecule has 0 aromatic carbocycles. The molecule has 3 aromatic rings. The Morgan fingerprint density at radius 2 is 2.11 bits per heavy atom. The van der Waals surface area contributed by atoms with Crippen molar-refractivity contribution in [1.82, 2.24) is 15.0 Å². The predicted molar refractivity (Wildman–Crippen MR) is 99.0 cm³/mol. The Labute approximate surface area is 158 Å². The minimum Gasteiger partial charge on any atom is -0.462 e. The summed E-state index contributed by atoms with van der Waals surface area (Å²) in [5, 5.41) is 0.331. The van der Waals surface area contributed by atoms with Crippen molar-refractivity contribution in [2.45, 2.75) is 26.9 Å². The van der Waals surface area contributed by atoms with Crippen molar-refractivity contribution in [2.75, 3.05) is 6.61 Å². The zero-order chi connectivity index (χ0) is 19.6. The molecule has 3 heterocycles. The Balaban J connectivity index is 1.92. The first kappa shape index (κ1) is 18.7. The molecule has 0 aliphatic heterocycles. The van der Waals surface area contributed by atoms with E-state index in [1.807, 2.05) is 0 Å². The van der Waals surface area contributed by atoms with E-state index in [9.17, 15) is 14.4 Å². The highest BCUT2D eigenvalue weighted by atomic mass is 32.1. The second-order valence-corrected chi connectivity index (χ2v) is 6.70. The maximum absolute atomic E-state index is 12.5. The monoisotopic (exact) mass is 387 g/mol. The van der Waals surface area contributed by atoms with Crippen LogP contribution in [0.3, 0.4) is 0 Å². The maximum atomic E-state index is 12.5. The number of nitrogens with one attached hydrogen (secondary N) is 1. The number of rotatable bonds is 5. The molecule has 0 amide bonds. The number of H-pyrrole nitrogens is 1. The molecule has 0 aliphatic carbocycles. The molecule has 27 heavy (non-hydrogen) atoms. The summed E-state index contributed by atoms with van der Waals surface area (Å²) in [7, 11) is 0. The number of hydrogen-bond acceptors (Lipinski definition) is 8. The van der Waals surface area contributed by atoms with Gasteiger partial charge in [-0.05, 0) is 38.5 Å². The largest absolute Gasteiger partial charge is 0.462 e. The summed E-state index contributed by atoms with van der Waals surface area (Å²) in [4.78, 5) is 48.3. The molecule has 0 radical (unpaired) electrons. The predicted octanol–water partition coefficient (Wildman–Crippen LogP) is 2.78. The fourth-order valence-electron chi connectivity index (χ4n) is 2.51. The van der Waals surface area contributed by atoms with Gasteiger partial charge in [0.2, 0.25) is 0 Å². The summed E-state index contributed by atoms with van der Waals surface area (Å²) in [6.07, 6.45) is 2.15. The standard InChI is InChI=1S/C18H17N3O5S/c1-4-25-18(24)13-9(2)12-15(22)20-14(21-16(12)27-13)10(3)26-17(23)11-6-5-7-19-8-11/h5-8,10H,4H2,1-3H3,(H,20,21,22). The number of ether oxygens (including phenoxy) is 2. The van der Waals surface area contributed by atoms with E-state index in [2.05, 4.69) is 15.0 Å². The molecule has 8 nitrogen and oxygen atoms in total. The minimum absolute atomic E-state index is 0.196. The normalized spacial score (nSPS) is 12.0. The molecule has 0 bridgehead atoms. The molecule has 0 fully saturated rings. The van der Waals surface area contributed by atoms with E-state index in [1.54, 1.807) is 39.1 Å². The summed E-state index contributed by atoms with van der Waals surface area (Å²) >= 11 is 1.08. The number of carbonyl (C=O) groups is 2. The number of pyridine rings is 1. The van der Waals surface area contributed by atoms with Gasteiger partial charge in [-0.2, -0.15) is 0 Å². The molecular formula is C18H17N3O5S. The van der Waals surface area contributed by atoms with Crippen molar-refractivity contribution >= 4 is 33.5 Å². The van der Waals surface area contributed by atoms with Crippen molar-refractivity contribution in [2.24, 2.45) is 0 Å². The molecular weight excluding hydrogens is 370 g/mol. The Kier molecular flexibility index (Phi) is 5.31. The van der Waals surface area contributed by atoms with Gasteiger partial charge in [-0.3, -0.25) is 9.78 Å². The molecule has 9 heteroatoms. The molecule has 0 spiro atoms. The molecule has 1 unspecified atom stereocenters. The highest BCUT2D eigenvalue weighted by molar-refractivity contribution is 7.20. The molecule has 3 rings (SSSR count). The van der Waals surface area contributed by atoms with Gasteiger partial charge >= 0.3 is 11.9 Å². The second-order valence-electron chi connectivity index (χ2n) is 5.70. The van der Waals surface area contributed by atoms with Crippen molar-refractivity contribution in [3.8, 4) is 0 Å². The number of aromatic amines is 1. The smallest absolute Gasteiger partial charge is 0.348 e. The van der Waals surface area contributed by atoms with Gasteiger partial charge in [-0.1, -0.05) is 0 Å². The lowest BCUT2D eigenvalue weighted by Gasteiger charge is -2.12. The van der Waals surface area contributed by atoms with Crippen molar-refractivity contribution in [3.05, 3.63) is 56.7 Å². The Morgan fingerprint density at radius 3 is 2.78 bits per heavy atom. The summed E-state index contributed by atoms with van der Waals surface area (Å²) in [5.41, 5.74) is 0.418. The van der Waals surface area contributed by atoms with E-state index in [1.165, 1.54) is 6.20 Å². The van der Waals surface area contributed by atoms with E-state index < -0.39 is 23.6 Å². The van der Waals surface area contributed by atoms with Crippen molar-refractivity contribution < 1.29 is 19.1 Å². The average Bonchev–Trinajstić information content (AvgIpc) is 2.99. The van der Waals surface area contributed by atoms with E-state index in [0.717, 1.165) is 11.3 Å². The van der Waals surface area contributed by atoms with E-state index >= 15 is 0 Å². The third kappa shape index (κ3) is 3.72. The third-order valence-corrected chi connectivity index (χ3v) is 5.01. The maximum Gasteiger partial charge on any atom is 0.348 e. The van der Waals surface area contributed by atoms with Gasteiger partial charge < -0.3 is 14.5 Å². The van der Waals surface area contributed by atoms with Gasteiger partial charge in [0.1, 0.15) is 9.71 Å². The zero-order valence-electron chi connectivity index (χ0n) is 14.9. The summed E-state index contributed by atoms with van der Waals surface area (Å²) in [6, 6.07) is 3.20. The molecule has 0 saturated heterocycles. The Bertz CT molecular complexity index is 1060. The molecule has 1 atom stereocenters. The third-order valence-electron chi connectivity index (χ3n) is 3.85. The van der Waals surface area contributed by atoms with Crippen molar-refractivity contribution in [3.63, 3.8) is 0 Å². The lowest BCUT2D eigenvalue weighted by atomic mass is 10.2. The molecule has 0 saturated carbocycles. The number of aryl methyl sites for hydroxylation is 1. The summed E-state index contributed by atoms with van der Waals surface area (Å²) in [6.45, 7) is 5.23. The second kappa shape index (κ2) is 7.67. The van der Waals surface area contributed by atoms with Crippen LogP contribution in [0.25, 0.3) is 10.2 Å². The van der Waals surface area contributed by atoms with Crippen LogP contribution in [0.1, 0.15) is 51.4 Å². The Hall–Kier alpha value is -3.07. The van der Waals surface area contributed by atoms with Crippen LogP contribution in [-0.4, -0.2) is 33.5 Å². The SMILES string of the molecule is CCOC(=O)c1sc2nc(C(C)OC(=O)c3cccnc3)[nH]c(=O)c2c1C. The zero-order valence-corrected chi connectivity index (χ0v) is 15.8. The first-order valence-corrected chi connectivity index (χ1v) is 9.05. The van der Waals surface area contributed by atoms with Gasteiger partial charge in [0.05, 0.1) is 17.6 Å². The lowest BCUT2D eigenvalue weighted by Crippen LogP contribution is -2.17. The lowest BCUT2D eigenvalue weighted by molar-refractivity contribution is 0.0319. The number of fused-ring (bicyclic) bond motifs is 1. The number of carbonyl (C=O) groups excluding carboxylic acids is 2. The molecule has 3 aromatic heterocycles. The van der Waals surface area contributed by atoms with Crippen LogP contribution < -0.4 is 5.56 Å². The van der Waals surface area contributed by atoms with Crippen LogP contribution in [0.2, 0.25) is 0 Å². The number of esters is 2. The van der Waals surface area contributed by atoms with Gasteiger partial charge in [0.15, 0.2) is 11.9 Å². The fourth-order valence-corrected chi connectivity index (χ4v) is 3.59. The van der Waals surface area contributed by atoms with E-state index in [0.29, 0.717) is 26.2 Å². The van der Waals surface area contributed by atoms with Crippen LogP contribution in [0.4, 0.5) is 0 Å². The van der Waals surface area contributed by atoms with Gasteiger partial charge in [0, 0.05) is 12.4 Å². The number of thiophene rings is 1. The summed E-state index contributed by atoms with van der Waals surface area (Å²) < 4.78 is 10.4. The topological polar surface area (TPSA) is 111 Å². The van der Waals surface area contributed by atoms with Crippen LogP contribution in [0.5, 0.6) is 0 Å². The molecule has 1 N–H and O–H groups in total. The van der Waals surface area contributed by atoms with Crippen molar-refractivity contribution in [1.29, 1.82) is 0 Å². The molecule has 0 aliphatic rings. The van der Waals surface area contributed by atoms with Crippen LogP contribution in [0.15, 0.2) is 29.3 Å². The first-order chi connectivity index (χ1) is 12.9. The van der Waals surface area contributed by atoms with Gasteiger partial charge in [-0.25, -0.2) is 14.6 Å². The fraction of sp³-hybridized carbons (Fsp3) is 0.278. The number of nitrogens with zero attached hydrogens (tertiary/aromatic N) is 2. The van der Waals surface area contributed by atoms with Crippen LogP contribution in [0, 0.1) is 6.92 Å². The highest BCUT2D eigenvalue weighted by Crippen LogP contribution is 2.28. The van der Waals surface area contributed by atoms with Crippen LogP contribution in [-0.2, 0) is 9.47 Å². The Morgan fingerprint density at radius 1 is 1.33 bits per heavy atom. The first-order valence-electron chi connectivity index (χ1n) is 8.23. The van der Waals surface area contributed by atoms with E-state index in [4.69, 9.17) is 9.47 Å². The van der Waals surface area contributed by atoms with E-state index in [-0.39, 0.29) is 12.4 Å². The molecule has 140 valence electrons. The number of hydrogen-bond donors (Lipinski definition) is 1. The summed E-state index contributed by atoms with van der Waals surface area (Å²) in [5.74, 6) is -0.871. The highest BCUT2D eigenvalue weighted by Gasteiger charge is 2.22. The minimum atomic E-state index is -0.789.